The Bertz CT molecular complexity index is 210. The summed E-state index contributed by atoms with van der Waals surface area (Å²) >= 11 is 0. The molecule has 0 heterocycles. The fourth-order valence-corrected chi connectivity index (χ4v) is 0.888. The molecular weight excluding hydrogens is 202 g/mol. The van der Waals surface area contributed by atoms with Crippen molar-refractivity contribution in [3.63, 3.8) is 0 Å². The third-order valence-corrected chi connectivity index (χ3v) is 1.66. The number of hydrogen-bond donors (Lipinski definition) is 4. The van der Waals surface area contributed by atoms with Gasteiger partial charge in [0.05, 0.1) is 12.5 Å². The number of carboxylic acid groups (broad SMARTS) is 1. The largest absolute Gasteiger partial charge is 0.481 e. The first kappa shape index (κ1) is 13.7. The number of methoxy groups -OCH3 is 1. The predicted molar refractivity (Wildman–Crippen MR) is 53.5 cm³/mol. The van der Waals surface area contributed by atoms with Crippen molar-refractivity contribution in [3.8, 4) is 0 Å². The summed E-state index contributed by atoms with van der Waals surface area (Å²) in [4.78, 5) is 21.4. The second kappa shape index (κ2) is 8.01. The molecule has 0 aliphatic rings. The molecule has 88 valence electrons. The zero-order valence-electron chi connectivity index (χ0n) is 8.66. The lowest BCUT2D eigenvalue weighted by atomic mass is 10.2. The minimum Gasteiger partial charge on any atom is -0.481 e. The SMILES string of the molecule is COC(CNC(=O)NCCN)CC(=O)O. The number of carboxylic acids is 1. The maximum Gasteiger partial charge on any atom is 0.314 e. The lowest BCUT2D eigenvalue weighted by Crippen LogP contribution is -2.42. The van der Waals surface area contributed by atoms with Gasteiger partial charge in [-0.05, 0) is 0 Å². The third kappa shape index (κ3) is 7.71. The van der Waals surface area contributed by atoms with Crippen LogP contribution in [-0.4, -0.2) is 50.0 Å². The fourth-order valence-electron chi connectivity index (χ4n) is 0.888. The van der Waals surface area contributed by atoms with Crippen molar-refractivity contribution in [2.24, 2.45) is 5.73 Å². The molecule has 15 heavy (non-hydrogen) atoms. The molecule has 1 unspecified atom stereocenters. The third-order valence-electron chi connectivity index (χ3n) is 1.66. The molecule has 0 radical (unpaired) electrons. The van der Waals surface area contributed by atoms with Gasteiger partial charge in [-0.2, -0.15) is 0 Å². The predicted octanol–water partition coefficient (Wildman–Crippen LogP) is -1.27. The minimum atomic E-state index is -0.967. The summed E-state index contributed by atoms with van der Waals surface area (Å²) in [6.07, 6.45) is -0.667. The average Bonchev–Trinajstić information content (AvgIpc) is 2.20. The van der Waals surface area contributed by atoms with Gasteiger partial charge in [0.2, 0.25) is 0 Å². The van der Waals surface area contributed by atoms with Crippen LogP contribution in [0.4, 0.5) is 4.79 Å². The van der Waals surface area contributed by atoms with Crippen molar-refractivity contribution in [2.75, 3.05) is 26.7 Å². The molecule has 0 saturated carbocycles. The van der Waals surface area contributed by atoms with Gasteiger partial charge in [-0.15, -0.1) is 0 Å². The van der Waals surface area contributed by atoms with Gasteiger partial charge in [-0.1, -0.05) is 0 Å². The van der Waals surface area contributed by atoms with Gasteiger partial charge in [0.1, 0.15) is 0 Å². The summed E-state index contributed by atoms with van der Waals surface area (Å²) in [6.45, 7) is 0.887. The molecule has 2 amide bonds. The number of carbonyl (C=O) groups excluding carboxylic acids is 1. The van der Waals surface area contributed by atoms with Crippen molar-refractivity contribution in [1.29, 1.82) is 0 Å². The summed E-state index contributed by atoms with van der Waals surface area (Å²) in [5, 5.41) is 13.5. The Balaban J connectivity index is 3.69. The first-order valence-corrected chi connectivity index (χ1v) is 4.56. The molecular formula is C8H17N3O4. The first-order valence-electron chi connectivity index (χ1n) is 4.56. The highest BCUT2D eigenvalue weighted by Crippen LogP contribution is 1.94. The molecule has 0 aliphatic carbocycles. The Morgan fingerprint density at radius 3 is 2.60 bits per heavy atom. The Morgan fingerprint density at radius 2 is 2.13 bits per heavy atom. The molecule has 0 saturated heterocycles. The lowest BCUT2D eigenvalue weighted by Gasteiger charge is -2.14. The number of rotatable bonds is 7. The van der Waals surface area contributed by atoms with Gasteiger partial charge < -0.3 is 26.2 Å². The van der Waals surface area contributed by atoms with E-state index in [1.165, 1.54) is 7.11 Å². The van der Waals surface area contributed by atoms with Crippen molar-refractivity contribution < 1.29 is 19.4 Å². The van der Waals surface area contributed by atoms with Gasteiger partial charge >= 0.3 is 12.0 Å². The smallest absolute Gasteiger partial charge is 0.314 e. The summed E-state index contributed by atoms with van der Waals surface area (Å²) in [7, 11) is 1.40. The number of nitrogens with two attached hydrogens (primary N) is 1. The summed E-state index contributed by atoms with van der Waals surface area (Å²) in [6, 6.07) is -0.382. The van der Waals surface area contributed by atoms with Crippen molar-refractivity contribution in [3.05, 3.63) is 0 Å². The molecule has 0 aromatic rings. The topological polar surface area (TPSA) is 114 Å². The summed E-state index contributed by atoms with van der Waals surface area (Å²) in [5.41, 5.74) is 5.18. The van der Waals surface area contributed by atoms with Crippen LogP contribution in [0, 0.1) is 0 Å². The van der Waals surface area contributed by atoms with E-state index in [0.29, 0.717) is 13.1 Å². The van der Waals surface area contributed by atoms with Crippen LogP contribution in [-0.2, 0) is 9.53 Å². The monoisotopic (exact) mass is 219 g/mol. The Morgan fingerprint density at radius 1 is 1.47 bits per heavy atom. The van der Waals surface area contributed by atoms with E-state index in [9.17, 15) is 9.59 Å². The lowest BCUT2D eigenvalue weighted by molar-refractivity contribution is -0.139. The average molecular weight is 219 g/mol. The van der Waals surface area contributed by atoms with Crippen LogP contribution in [0.25, 0.3) is 0 Å². The van der Waals surface area contributed by atoms with Crippen LogP contribution in [0.15, 0.2) is 0 Å². The number of urea groups is 1. The van der Waals surface area contributed by atoms with Crippen molar-refractivity contribution in [1.82, 2.24) is 10.6 Å². The molecule has 5 N–H and O–H groups in total. The highest BCUT2D eigenvalue weighted by atomic mass is 16.5. The molecule has 0 rings (SSSR count). The number of carbonyl (C=O) groups is 2. The van der Waals surface area contributed by atoms with E-state index in [1.54, 1.807) is 0 Å². The van der Waals surface area contributed by atoms with Gasteiger partial charge in [-0.25, -0.2) is 4.79 Å². The van der Waals surface area contributed by atoms with E-state index < -0.39 is 12.1 Å². The van der Waals surface area contributed by atoms with Crippen molar-refractivity contribution >= 4 is 12.0 Å². The highest BCUT2D eigenvalue weighted by molar-refractivity contribution is 5.74. The summed E-state index contributed by atoms with van der Waals surface area (Å²) in [5.74, 6) is -0.967. The van der Waals surface area contributed by atoms with E-state index in [4.69, 9.17) is 15.6 Å². The Kier molecular flexibility index (Phi) is 7.29. The van der Waals surface area contributed by atoms with Crippen LogP contribution >= 0.6 is 0 Å². The maximum absolute atomic E-state index is 11.0. The second-order valence-electron chi connectivity index (χ2n) is 2.88. The van der Waals surface area contributed by atoms with Gasteiger partial charge in [0, 0.05) is 26.7 Å². The second-order valence-corrected chi connectivity index (χ2v) is 2.88. The molecule has 0 aliphatic heterocycles. The Labute approximate surface area is 88.0 Å². The zero-order chi connectivity index (χ0) is 11.7. The number of hydrogen-bond acceptors (Lipinski definition) is 4. The van der Waals surface area contributed by atoms with Crippen LogP contribution < -0.4 is 16.4 Å². The number of aliphatic carboxylic acids is 1. The molecule has 0 aromatic heterocycles. The molecule has 7 heteroatoms. The van der Waals surface area contributed by atoms with Gasteiger partial charge in [-0.3, -0.25) is 4.79 Å². The molecule has 7 nitrogen and oxygen atoms in total. The molecule has 0 bridgehead atoms. The van der Waals surface area contributed by atoms with E-state index in [2.05, 4.69) is 10.6 Å². The zero-order valence-corrected chi connectivity index (χ0v) is 8.66. The van der Waals surface area contributed by atoms with Crippen molar-refractivity contribution in [2.45, 2.75) is 12.5 Å². The molecule has 1 atom stereocenters. The van der Waals surface area contributed by atoms with E-state index >= 15 is 0 Å². The normalized spacial score (nSPS) is 11.9. The quantitative estimate of drug-likeness (QED) is 0.426. The standard InChI is InChI=1S/C8H17N3O4/c1-15-6(4-7(12)13)5-11-8(14)10-3-2-9/h6H,2-5,9H2,1H3,(H,12,13)(H2,10,11,14). The van der Waals surface area contributed by atoms with Gasteiger partial charge in [0.15, 0.2) is 0 Å². The summed E-state index contributed by atoms with van der Waals surface area (Å²) < 4.78 is 4.87. The molecule has 0 aromatic carbocycles. The number of ether oxygens (including phenoxy) is 1. The maximum atomic E-state index is 11.0. The fraction of sp³-hybridized carbons (Fsp3) is 0.750. The molecule has 0 fully saturated rings. The highest BCUT2D eigenvalue weighted by Gasteiger charge is 2.12. The van der Waals surface area contributed by atoms with E-state index in [0.717, 1.165) is 0 Å². The Hall–Kier alpha value is -1.34. The van der Waals surface area contributed by atoms with Crippen LogP contribution in [0.5, 0.6) is 0 Å². The minimum absolute atomic E-state index is 0.145. The molecule has 0 spiro atoms. The van der Waals surface area contributed by atoms with E-state index in [-0.39, 0.29) is 19.0 Å². The van der Waals surface area contributed by atoms with E-state index in [1.807, 2.05) is 0 Å². The first-order chi connectivity index (χ1) is 7.10. The van der Waals surface area contributed by atoms with Crippen LogP contribution in [0.1, 0.15) is 6.42 Å². The number of nitrogens with one attached hydrogen (secondary N) is 2. The van der Waals surface area contributed by atoms with Crippen LogP contribution in [0.3, 0.4) is 0 Å². The van der Waals surface area contributed by atoms with Crippen LogP contribution in [0.2, 0.25) is 0 Å². The number of amides is 2. The van der Waals surface area contributed by atoms with Gasteiger partial charge in [0.25, 0.3) is 0 Å².